The predicted molar refractivity (Wildman–Crippen MR) is 96.2 cm³/mol. The number of carbonyl (C=O) groups excluding carboxylic acids is 2. The quantitative estimate of drug-likeness (QED) is 0.443. The third-order valence-corrected chi connectivity index (χ3v) is 4.50. The summed E-state index contributed by atoms with van der Waals surface area (Å²) in [5.74, 6) is -0.679. The van der Waals surface area contributed by atoms with Crippen LogP contribution in [-0.4, -0.2) is 30.8 Å². The second kappa shape index (κ2) is 9.84. The maximum absolute atomic E-state index is 13.4. The molecule has 0 fully saturated rings. The Balaban J connectivity index is 1.61. The smallest absolute Gasteiger partial charge is 0.338 e. The van der Waals surface area contributed by atoms with Crippen LogP contribution in [0.4, 0.5) is 4.39 Å². The fraction of sp³-hybridized carbons (Fsp3) is 0.263. The van der Waals surface area contributed by atoms with Gasteiger partial charge in [-0.2, -0.15) is 0 Å². The number of thioether (sulfide) groups is 1. The van der Waals surface area contributed by atoms with Crippen LogP contribution in [0.3, 0.4) is 0 Å². The summed E-state index contributed by atoms with van der Waals surface area (Å²) in [5, 5.41) is 2.69. The monoisotopic (exact) mass is 361 g/mol. The van der Waals surface area contributed by atoms with Gasteiger partial charge in [-0.25, -0.2) is 9.18 Å². The van der Waals surface area contributed by atoms with E-state index >= 15 is 0 Å². The van der Waals surface area contributed by atoms with Crippen molar-refractivity contribution in [1.29, 1.82) is 0 Å². The summed E-state index contributed by atoms with van der Waals surface area (Å²) in [6, 6.07) is 14.1. The number of nitrogens with one attached hydrogen (secondary N) is 1. The molecule has 0 saturated carbocycles. The van der Waals surface area contributed by atoms with E-state index in [0.717, 1.165) is 18.2 Å². The van der Waals surface area contributed by atoms with Crippen molar-refractivity contribution >= 4 is 23.6 Å². The van der Waals surface area contributed by atoms with E-state index < -0.39 is 11.8 Å². The van der Waals surface area contributed by atoms with E-state index in [-0.39, 0.29) is 18.1 Å². The number of esters is 1. The maximum Gasteiger partial charge on any atom is 0.338 e. The third-order valence-electron chi connectivity index (χ3n) is 3.40. The van der Waals surface area contributed by atoms with Gasteiger partial charge < -0.3 is 10.1 Å². The van der Waals surface area contributed by atoms with Crippen LogP contribution in [0.5, 0.6) is 0 Å². The van der Waals surface area contributed by atoms with Crippen molar-refractivity contribution in [3.8, 4) is 0 Å². The first-order valence-electron chi connectivity index (χ1n) is 7.94. The molecular formula is C19H20FNO3S. The molecular weight excluding hydrogens is 341 g/mol. The van der Waals surface area contributed by atoms with Crippen molar-refractivity contribution in [2.75, 3.05) is 18.9 Å². The van der Waals surface area contributed by atoms with Crippen LogP contribution in [0.1, 0.15) is 22.3 Å². The Labute approximate surface area is 150 Å². The van der Waals surface area contributed by atoms with Crippen molar-refractivity contribution < 1.29 is 18.7 Å². The lowest BCUT2D eigenvalue weighted by Gasteiger charge is -2.07. The molecule has 0 saturated heterocycles. The minimum absolute atomic E-state index is 0.0927. The maximum atomic E-state index is 13.4. The second-order valence-electron chi connectivity index (χ2n) is 5.41. The summed E-state index contributed by atoms with van der Waals surface area (Å²) in [6.07, 6.45) is 0.808. The Bertz CT molecular complexity index is 722. The summed E-state index contributed by atoms with van der Waals surface area (Å²) in [4.78, 5) is 24.6. The molecule has 0 atom stereocenters. The van der Waals surface area contributed by atoms with Gasteiger partial charge in [-0.15, -0.1) is 11.8 Å². The summed E-state index contributed by atoms with van der Waals surface area (Å²) in [7, 11) is 0. The molecule has 0 bridgehead atoms. The normalized spacial score (nSPS) is 10.3. The summed E-state index contributed by atoms with van der Waals surface area (Å²) in [5.41, 5.74) is 0.540. The number of carbonyl (C=O) groups is 2. The molecule has 0 aromatic heterocycles. The number of halogens is 1. The first kappa shape index (κ1) is 19.0. The lowest BCUT2D eigenvalue weighted by atomic mass is 10.1. The number of hydrogen-bond acceptors (Lipinski definition) is 4. The number of aryl methyl sites for hydroxylation is 1. The number of amides is 1. The van der Waals surface area contributed by atoms with Crippen molar-refractivity contribution in [1.82, 2.24) is 5.32 Å². The summed E-state index contributed by atoms with van der Waals surface area (Å²) < 4.78 is 18.3. The highest BCUT2D eigenvalue weighted by Gasteiger charge is 2.11. The number of hydrogen-bond donors (Lipinski definition) is 1. The Morgan fingerprint density at radius 2 is 1.92 bits per heavy atom. The molecule has 132 valence electrons. The molecule has 0 aliphatic carbocycles. The third kappa shape index (κ3) is 6.58. The van der Waals surface area contributed by atoms with Gasteiger partial charge in [0, 0.05) is 11.4 Å². The standard InChI is InChI=1S/C19H20FNO3S/c1-14-8-9-15(12-17(14)20)19(23)24-13-18(22)21-10-5-11-25-16-6-3-2-4-7-16/h2-4,6-9,12H,5,10-11,13H2,1H3,(H,21,22). The van der Waals surface area contributed by atoms with E-state index in [0.29, 0.717) is 12.1 Å². The zero-order valence-corrected chi connectivity index (χ0v) is 14.8. The Kier molecular flexibility index (Phi) is 7.47. The topological polar surface area (TPSA) is 55.4 Å². The van der Waals surface area contributed by atoms with Gasteiger partial charge in [-0.1, -0.05) is 24.3 Å². The fourth-order valence-electron chi connectivity index (χ4n) is 1.99. The highest BCUT2D eigenvalue weighted by atomic mass is 32.2. The van der Waals surface area contributed by atoms with Crippen molar-refractivity contribution in [2.45, 2.75) is 18.2 Å². The van der Waals surface area contributed by atoms with E-state index in [9.17, 15) is 14.0 Å². The summed E-state index contributed by atoms with van der Waals surface area (Å²) >= 11 is 1.72. The molecule has 0 aliphatic rings. The van der Waals surface area contributed by atoms with Gasteiger partial charge in [0.2, 0.25) is 0 Å². The van der Waals surface area contributed by atoms with Gasteiger partial charge in [0.25, 0.3) is 5.91 Å². The lowest BCUT2D eigenvalue weighted by Crippen LogP contribution is -2.29. The molecule has 1 N–H and O–H groups in total. The largest absolute Gasteiger partial charge is 0.452 e. The first-order chi connectivity index (χ1) is 12.1. The van der Waals surface area contributed by atoms with Crippen molar-refractivity contribution in [3.05, 3.63) is 65.5 Å². The molecule has 6 heteroatoms. The average molecular weight is 361 g/mol. The molecule has 0 aliphatic heterocycles. The number of benzene rings is 2. The zero-order valence-electron chi connectivity index (χ0n) is 14.0. The van der Waals surface area contributed by atoms with E-state index in [2.05, 4.69) is 5.32 Å². The molecule has 0 heterocycles. The second-order valence-corrected chi connectivity index (χ2v) is 6.57. The van der Waals surface area contributed by atoms with Crippen LogP contribution in [0.15, 0.2) is 53.4 Å². The van der Waals surface area contributed by atoms with Gasteiger partial charge >= 0.3 is 5.97 Å². The molecule has 2 aromatic rings. The van der Waals surface area contributed by atoms with Gasteiger partial charge in [0.1, 0.15) is 5.82 Å². The molecule has 4 nitrogen and oxygen atoms in total. The van der Waals surface area contributed by atoms with Crippen LogP contribution < -0.4 is 5.32 Å². The molecule has 2 rings (SSSR count). The lowest BCUT2D eigenvalue weighted by molar-refractivity contribution is -0.124. The SMILES string of the molecule is Cc1ccc(C(=O)OCC(=O)NCCCSc2ccccc2)cc1F. The van der Waals surface area contributed by atoms with Gasteiger partial charge in [-0.05, 0) is 48.9 Å². The van der Waals surface area contributed by atoms with Gasteiger partial charge in [0.15, 0.2) is 6.61 Å². The number of rotatable bonds is 8. The molecule has 25 heavy (non-hydrogen) atoms. The fourth-order valence-corrected chi connectivity index (χ4v) is 2.87. The van der Waals surface area contributed by atoms with Crippen LogP contribution >= 0.6 is 11.8 Å². The van der Waals surface area contributed by atoms with Gasteiger partial charge in [0.05, 0.1) is 5.56 Å². The van der Waals surface area contributed by atoms with E-state index in [4.69, 9.17) is 4.74 Å². The van der Waals surface area contributed by atoms with Gasteiger partial charge in [-0.3, -0.25) is 4.79 Å². The van der Waals surface area contributed by atoms with E-state index in [1.54, 1.807) is 18.7 Å². The highest BCUT2D eigenvalue weighted by molar-refractivity contribution is 7.99. The molecule has 0 radical (unpaired) electrons. The minimum atomic E-state index is -0.714. The van der Waals surface area contributed by atoms with Crippen molar-refractivity contribution in [3.63, 3.8) is 0 Å². The Morgan fingerprint density at radius 1 is 1.16 bits per heavy atom. The number of ether oxygens (including phenoxy) is 1. The van der Waals surface area contributed by atoms with Crippen molar-refractivity contribution in [2.24, 2.45) is 0 Å². The molecule has 0 unspecified atom stereocenters. The molecule has 2 aromatic carbocycles. The van der Waals surface area contributed by atoms with E-state index in [1.807, 2.05) is 30.3 Å². The predicted octanol–water partition coefficient (Wildman–Crippen LogP) is 3.59. The van der Waals surface area contributed by atoms with Crippen LogP contribution in [0.25, 0.3) is 0 Å². The molecule has 1 amide bonds. The Morgan fingerprint density at radius 3 is 2.64 bits per heavy atom. The highest BCUT2D eigenvalue weighted by Crippen LogP contribution is 2.17. The summed E-state index contributed by atoms with van der Waals surface area (Å²) in [6.45, 7) is 1.74. The zero-order chi connectivity index (χ0) is 18.1. The minimum Gasteiger partial charge on any atom is -0.452 e. The first-order valence-corrected chi connectivity index (χ1v) is 8.92. The van der Waals surface area contributed by atoms with Crippen LogP contribution in [-0.2, 0) is 9.53 Å². The van der Waals surface area contributed by atoms with E-state index in [1.165, 1.54) is 17.0 Å². The molecule has 0 spiro atoms. The Hall–Kier alpha value is -2.34. The average Bonchev–Trinajstić information content (AvgIpc) is 2.62. The van der Waals surface area contributed by atoms with Crippen LogP contribution in [0, 0.1) is 12.7 Å². The van der Waals surface area contributed by atoms with Crippen LogP contribution in [0.2, 0.25) is 0 Å².